The van der Waals surface area contributed by atoms with Gasteiger partial charge in [-0.05, 0) is 43.5 Å². The summed E-state index contributed by atoms with van der Waals surface area (Å²) in [7, 11) is 0. The lowest BCUT2D eigenvalue weighted by Gasteiger charge is -2.30. The molecule has 1 atom stereocenters. The third kappa shape index (κ3) is 5.44. The second-order valence-electron chi connectivity index (χ2n) is 5.79. The Kier molecular flexibility index (Phi) is 6.71. The number of piperidine rings is 1. The van der Waals surface area contributed by atoms with Crippen LogP contribution in [0, 0.1) is 0 Å². The number of carbonyl (C=O) groups excluding carboxylic acids is 1. The summed E-state index contributed by atoms with van der Waals surface area (Å²) in [6.07, 6.45) is 5.24. The fraction of sp³-hybridized carbons (Fsp3) is 0.588. The van der Waals surface area contributed by atoms with Gasteiger partial charge in [0, 0.05) is 23.6 Å². The minimum Gasteiger partial charge on any atom is -0.341 e. The molecule has 1 aliphatic heterocycles. The van der Waals surface area contributed by atoms with Crippen LogP contribution in [0.15, 0.2) is 28.7 Å². The summed E-state index contributed by atoms with van der Waals surface area (Å²) in [5.74, 6) is 0.242. The molecule has 0 aromatic heterocycles. The van der Waals surface area contributed by atoms with Crippen LogP contribution >= 0.6 is 15.9 Å². The van der Waals surface area contributed by atoms with Crippen LogP contribution in [0.2, 0.25) is 0 Å². The quantitative estimate of drug-likeness (QED) is 0.851. The number of hydrogen-bond acceptors (Lipinski definition) is 2. The van der Waals surface area contributed by atoms with Gasteiger partial charge in [0.25, 0.3) is 0 Å². The second kappa shape index (κ2) is 8.54. The first-order valence-electron chi connectivity index (χ1n) is 7.94. The molecule has 21 heavy (non-hydrogen) atoms. The van der Waals surface area contributed by atoms with E-state index >= 15 is 0 Å². The summed E-state index contributed by atoms with van der Waals surface area (Å²) in [4.78, 5) is 14.6. The minimum atomic E-state index is 0.242. The average Bonchev–Trinajstić information content (AvgIpc) is 2.50. The van der Waals surface area contributed by atoms with E-state index in [-0.39, 0.29) is 5.91 Å². The van der Waals surface area contributed by atoms with Gasteiger partial charge in [-0.2, -0.15) is 0 Å². The van der Waals surface area contributed by atoms with Crippen LogP contribution in [-0.2, 0) is 11.2 Å². The van der Waals surface area contributed by atoms with Crippen LogP contribution in [0.3, 0.4) is 0 Å². The molecule has 1 N–H and O–H groups in total. The zero-order chi connectivity index (χ0) is 15.1. The number of carbonyl (C=O) groups is 1. The van der Waals surface area contributed by atoms with Crippen LogP contribution in [0.1, 0.15) is 38.2 Å². The Morgan fingerprint density at radius 2 is 2.10 bits per heavy atom. The lowest BCUT2D eigenvalue weighted by Crippen LogP contribution is -2.46. The molecule has 0 spiro atoms. The fourth-order valence-electron chi connectivity index (χ4n) is 2.82. The van der Waals surface area contributed by atoms with Crippen LogP contribution in [0.4, 0.5) is 0 Å². The van der Waals surface area contributed by atoms with Crippen molar-refractivity contribution in [3.05, 3.63) is 34.3 Å². The Balaban J connectivity index is 1.92. The Morgan fingerprint density at radius 3 is 2.71 bits per heavy atom. The van der Waals surface area contributed by atoms with Crippen molar-refractivity contribution < 1.29 is 4.79 Å². The molecule has 1 fully saturated rings. The van der Waals surface area contributed by atoms with Crippen LogP contribution < -0.4 is 5.32 Å². The highest BCUT2D eigenvalue weighted by Gasteiger charge is 2.20. The molecule has 3 nitrogen and oxygen atoms in total. The Hall–Kier alpha value is -0.870. The molecule has 116 valence electrons. The van der Waals surface area contributed by atoms with Crippen molar-refractivity contribution in [3.8, 4) is 0 Å². The molecular weight excluding hydrogens is 328 g/mol. The third-order valence-electron chi connectivity index (χ3n) is 3.97. The predicted octanol–water partition coefficient (Wildman–Crippen LogP) is 3.37. The number of halogens is 1. The first-order chi connectivity index (χ1) is 10.2. The summed E-state index contributed by atoms with van der Waals surface area (Å²) in [5.41, 5.74) is 1.08. The molecule has 1 saturated heterocycles. The van der Waals surface area contributed by atoms with E-state index in [1.807, 2.05) is 29.2 Å². The van der Waals surface area contributed by atoms with Crippen molar-refractivity contribution in [2.24, 2.45) is 0 Å². The van der Waals surface area contributed by atoms with Gasteiger partial charge in [-0.25, -0.2) is 0 Å². The normalized spacial score (nSPS) is 18.5. The van der Waals surface area contributed by atoms with Gasteiger partial charge in [0.1, 0.15) is 0 Å². The average molecular weight is 353 g/mol. The molecular formula is C17H25BrN2O. The lowest BCUT2D eigenvalue weighted by atomic mass is 10.0. The highest BCUT2D eigenvalue weighted by Crippen LogP contribution is 2.13. The Morgan fingerprint density at radius 1 is 1.33 bits per heavy atom. The van der Waals surface area contributed by atoms with Gasteiger partial charge in [-0.15, -0.1) is 0 Å². The summed E-state index contributed by atoms with van der Waals surface area (Å²) in [6, 6.07) is 8.50. The van der Waals surface area contributed by atoms with E-state index in [4.69, 9.17) is 0 Å². The first kappa shape index (κ1) is 16.5. The number of benzene rings is 1. The zero-order valence-corrected chi connectivity index (χ0v) is 14.4. The molecule has 1 aliphatic rings. The highest BCUT2D eigenvalue weighted by molar-refractivity contribution is 9.10. The highest BCUT2D eigenvalue weighted by atomic mass is 79.9. The fourth-order valence-corrected chi connectivity index (χ4v) is 3.09. The summed E-state index contributed by atoms with van der Waals surface area (Å²) >= 11 is 3.43. The van der Waals surface area contributed by atoms with Crippen molar-refractivity contribution >= 4 is 21.8 Å². The monoisotopic (exact) mass is 352 g/mol. The van der Waals surface area contributed by atoms with Crippen molar-refractivity contribution in [1.82, 2.24) is 10.2 Å². The maximum Gasteiger partial charge on any atom is 0.227 e. The van der Waals surface area contributed by atoms with Gasteiger partial charge in [-0.1, -0.05) is 41.4 Å². The van der Waals surface area contributed by atoms with Gasteiger partial charge in [0.15, 0.2) is 0 Å². The standard InChI is InChI=1S/C17H25BrN2O/c1-2-11-20(13-16-5-3-4-10-19-16)17(21)12-14-6-8-15(18)9-7-14/h6-9,16,19H,2-5,10-13H2,1H3. The van der Waals surface area contributed by atoms with Crippen molar-refractivity contribution in [1.29, 1.82) is 0 Å². The topological polar surface area (TPSA) is 32.3 Å². The SMILES string of the molecule is CCCN(CC1CCCCN1)C(=O)Cc1ccc(Br)cc1. The van der Waals surface area contributed by atoms with Crippen LogP contribution in [0.5, 0.6) is 0 Å². The van der Waals surface area contributed by atoms with Crippen LogP contribution in [0.25, 0.3) is 0 Å². The number of hydrogen-bond donors (Lipinski definition) is 1. The van der Waals surface area contributed by atoms with E-state index in [1.54, 1.807) is 0 Å². The van der Waals surface area contributed by atoms with E-state index in [0.717, 1.165) is 36.1 Å². The second-order valence-corrected chi connectivity index (χ2v) is 6.71. The van der Waals surface area contributed by atoms with Crippen molar-refractivity contribution in [2.45, 2.75) is 45.1 Å². The first-order valence-corrected chi connectivity index (χ1v) is 8.74. The zero-order valence-electron chi connectivity index (χ0n) is 12.8. The van der Waals surface area contributed by atoms with Gasteiger partial charge < -0.3 is 10.2 Å². The molecule has 1 unspecified atom stereocenters. The van der Waals surface area contributed by atoms with E-state index < -0.39 is 0 Å². The molecule has 1 aromatic carbocycles. The maximum atomic E-state index is 12.5. The molecule has 1 amide bonds. The molecule has 1 heterocycles. The molecule has 0 radical (unpaired) electrons. The molecule has 4 heteroatoms. The van der Waals surface area contributed by atoms with Gasteiger partial charge in [0.05, 0.1) is 6.42 Å². The van der Waals surface area contributed by atoms with E-state index in [1.165, 1.54) is 19.3 Å². The van der Waals surface area contributed by atoms with Gasteiger partial charge in [-0.3, -0.25) is 4.79 Å². The molecule has 1 aromatic rings. The maximum absolute atomic E-state index is 12.5. The summed E-state index contributed by atoms with van der Waals surface area (Å²) in [6.45, 7) is 4.93. The minimum absolute atomic E-state index is 0.242. The molecule has 0 aliphatic carbocycles. The predicted molar refractivity (Wildman–Crippen MR) is 90.4 cm³/mol. The molecule has 2 rings (SSSR count). The molecule has 0 bridgehead atoms. The van der Waals surface area contributed by atoms with Gasteiger partial charge in [0.2, 0.25) is 5.91 Å². The van der Waals surface area contributed by atoms with E-state index in [9.17, 15) is 4.79 Å². The smallest absolute Gasteiger partial charge is 0.227 e. The summed E-state index contributed by atoms with van der Waals surface area (Å²) < 4.78 is 1.05. The third-order valence-corrected chi connectivity index (χ3v) is 4.50. The Labute approximate surface area is 136 Å². The summed E-state index contributed by atoms with van der Waals surface area (Å²) in [5, 5.41) is 3.53. The van der Waals surface area contributed by atoms with Crippen molar-refractivity contribution in [3.63, 3.8) is 0 Å². The number of amides is 1. The van der Waals surface area contributed by atoms with E-state index in [0.29, 0.717) is 12.5 Å². The van der Waals surface area contributed by atoms with Crippen LogP contribution in [-0.4, -0.2) is 36.5 Å². The van der Waals surface area contributed by atoms with Gasteiger partial charge >= 0.3 is 0 Å². The largest absolute Gasteiger partial charge is 0.341 e. The van der Waals surface area contributed by atoms with Crippen molar-refractivity contribution in [2.75, 3.05) is 19.6 Å². The lowest BCUT2D eigenvalue weighted by molar-refractivity contribution is -0.131. The molecule has 0 saturated carbocycles. The number of nitrogens with one attached hydrogen (secondary N) is 1. The van der Waals surface area contributed by atoms with E-state index in [2.05, 4.69) is 28.2 Å². The number of rotatable bonds is 6. The Bertz CT molecular complexity index is 441. The number of nitrogens with zero attached hydrogens (tertiary/aromatic N) is 1.